The van der Waals surface area contributed by atoms with Gasteiger partial charge >= 0.3 is 0 Å². The van der Waals surface area contributed by atoms with Crippen LogP contribution in [0.1, 0.15) is 34.1 Å². The standard InChI is InChI=1S/C10H18O/c1-9(2)7-5-8(9)10(3,4)11-6-7/h7-8H,5-6H2,1-4H3. The average molecular weight is 154 g/mol. The van der Waals surface area contributed by atoms with Gasteiger partial charge < -0.3 is 4.74 Å². The monoisotopic (exact) mass is 154 g/mol. The van der Waals surface area contributed by atoms with Crippen molar-refractivity contribution in [1.82, 2.24) is 0 Å². The predicted octanol–water partition coefficient (Wildman–Crippen LogP) is 2.46. The van der Waals surface area contributed by atoms with Crippen LogP contribution in [0.5, 0.6) is 0 Å². The van der Waals surface area contributed by atoms with Gasteiger partial charge in [0.15, 0.2) is 0 Å². The Morgan fingerprint density at radius 2 is 1.82 bits per heavy atom. The van der Waals surface area contributed by atoms with Crippen LogP contribution in [0.4, 0.5) is 0 Å². The molecule has 2 aliphatic heterocycles. The Morgan fingerprint density at radius 3 is 2.09 bits per heavy atom. The molecule has 1 saturated carbocycles. The molecule has 2 atom stereocenters. The first-order valence-corrected chi connectivity index (χ1v) is 4.58. The Hall–Kier alpha value is -0.0400. The third kappa shape index (κ3) is 0.807. The van der Waals surface area contributed by atoms with E-state index in [1.54, 1.807) is 0 Å². The Morgan fingerprint density at radius 1 is 1.18 bits per heavy atom. The number of fused-ring (bicyclic) bond motifs is 2. The molecule has 0 aromatic rings. The summed E-state index contributed by atoms with van der Waals surface area (Å²) < 4.78 is 5.76. The summed E-state index contributed by atoms with van der Waals surface area (Å²) in [6, 6.07) is 0. The fraction of sp³-hybridized carbons (Fsp3) is 1.00. The molecule has 0 N–H and O–H groups in total. The van der Waals surface area contributed by atoms with Crippen LogP contribution in [0.2, 0.25) is 0 Å². The Labute approximate surface area is 69.1 Å². The minimum atomic E-state index is 0.137. The van der Waals surface area contributed by atoms with E-state index in [0.717, 1.165) is 18.4 Å². The second-order valence-electron chi connectivity index (χ2n) is 5.22. The summed E-state index contributed by atoms with van der Waals surface area (Å²) in [5, 5.41) is 0. The van der Waals surface area contributed by atoms with Crippen molar-refractivity contribution in [1.29, 1.82) is 0 Å². The molecule has 1 nitrogen and oxygen atoms in total. The van der Waals surface area contributed by atoms with Crippen LogP contribution in [0, 0.1) is 17.3 Å². The lowest BCUT2D eigenvalue weighted by atomic mass is 9.49. The van der Waals surface area contributed by atoms with Gasteiger partial charge in [-0.15, -0.1) is 0 Å². The van der Waals surface area contributed by atoms with Gasteiger partial charge in [0, 0.05) is 0 Å². The topological polar surface area (TPSA) is 9.23 Å². The van der Waals surface area contributed by atoms with Gasteiger partial charge in [0.1, 0.15) is 0 Å². The van der Waals surface area contributed by atoms with Gasteiger partial charge in [-0.2, -0.15) is 0 Å². The maximum atomic E-state index is 5.76. The predicted molar refractivity (Wildman–Crippen MR) is 45.4 cm³/mol. The van der Waals surface area contributed by atoms with Crippen molar-refractivity contribution < 1.29 is 4.74 Å². The lowest BCUT2D eigenvalue weighted by Gasteiger charge is -2.63. The molecule has 0 aromatic heterocycles. The SMILES string of the molecule is CC1(C)OCC2CC1C2(C)C. The Balaban J connectivity index is 2.23. The fourth-order valence-electron chi connectivity index (χ4n) is 2.89. The molecule has 1 heteroatoms. The van der Waals surface area contributed by atoms with Gasteiger partial charge in [0.05, 0.1) is 12.2 Å². The zero-order chi connectivity index (χ0) is 8.28. The number of ether oxygens (including phenoxy) is 1. The molecule has 3 fully saturated rings. The summed E-state index contributed by atoms with van der Waals surface area (Å²) >= 11 is 0. The zero-order valence-corrected chi connectivity index (χ0v) is 7.98. The molecule has 0 aromatic carbocycles. The maximum absolute atomic E-state index is 5.76. The van der Waals surface area contributed by atoms with Crippen LogP contribution in [0.25, 0.3) is 0 Å². The maximum Gasteiger partial charge on any atom is 0.0660 e. The molecule has 2 unspecified atom stereocenters. The van der Waals surface area contributed by atoms with E-state index in [0.29, 0.717) is 5.41 Å². The van der Waals surface area contributed by atoms with Crippen molar-refractivity contribution in [3.05, 3.63) is 0 Å². The third-order valence-corrected chi connectivity index (χ3v) is 3.97. The number of hydrogen-bond acceptors (Lipinski definition) is 1. The lowest BCUT2D eigenvalue weighted by Crippen LogP contribution is -2.62. The molecule has 2 heterocycles. The van der Waals surface area contributed by atoms with Gasteiger partial charge in [-0.05, 0) is 37.5 Å². The quantitative estimate of drug-likeness (QED) is 0.521. The van der Waals surface area contributed by atoms with Crippen molar-refractivity contribution in [2.45, 2.75) is 39.7 Å². The molecule has 2 bridgehead atoms. The van der Waals surface area contributed by atoms with E-state index in [1.807, 2.05) is 0 Å². The van der Waals surface area contributed by atoms with Crippen LogP contribution in [-0.2, 0) is 4.74 Å². The first-order valence-electron chi connectivity index (χ1n) is 4.58. The molecule has 3 aliphatic rings. The summed E-state index contributed by atoms with van der Waals surface area (Å²) in [6.45, 7) is 10.2. The van der Waals surface area contributed by atoms with Crippen molar-refractivity contribution in [2.75, 3.05) is 6.61 Å². The van der Waals surface area contributed by atoms with Gasteiger partial charge in [-0.3, -0.25) is 0 Å². The molecule has 0 spiro atoms. The van der Waals surface area contributed by atoms with E-state index in [-0.39, 0.29) is 5.60 Å². The summed E-state index contributed by atoms with van der Waals surface area (Å²) in [7, 11) is 0. The van der Waals surface area contributed by atoms with Crippen molar-refractivity contribution in [3.8, 4) is 0 Å². The minimum Gasteiger partial charge on any atom is -0.375 e. The van der Waals surface area contributed by atoms with Gasteiger partial charge in [0.25, 0.3) is 0 Å². The molecule has 0 radical (unpaired) electrons. The number of hydrogen-bond donors (Lipinski definition) is 0. The highest BCUT2D eigenvalue weighted by Gasteiger charge is 2.58. The summed E-state index contributed by atoms with van der Waals surface area (Å²) in [5.74, 6) is 1.62. The third-order valence-electron chi connectivity index (χ3n) is 3.97. The minimum absolute atomic E-state index is 0.137. The molecule has 2 saturated heterocycles. The highest BCUT2D eigenvalue weighted by Crippen LogP contribution is 2.60. The Kier molecular flexibility index (Phi) is 1.26. The molecular formula is C10H18O. The van der Waals surface area contributed by atoms with E-state index in [4.69, 9.17) is 4.74 Å². The van der Waals surface area contributed by atoms with Gasteiger partial charge in [-0.1, -0.05) is 13.8 Å². The fourth-order valence-corrected chi connectivity index (χ4v) is 2.89. The van der Waals surface area contributed by atoms with E-state index in [9.17, 15) is 0 Å². The van der Waals surface area contributed by atoms with Crippen molar-refractivity contribution >= 4 is 0 Å². The molecule has 3 rings (SSSR count). The Bertz CT molecular complexity index is 171. The highest BCUT2D eigenvalue weighted by molar-refractivity contribution is 5.06. The van der Waals surface area contributed by atoms with Crippen LogP contribution in [0.15, 0.2) is 0 Å². The van der Waals surface area contributed by atoms with E-state index in [1.165, 1.54) is 6.42 Å². The average Bonchev–Trinajstić information content (AvgIpc) is 1.84. The van der Waals surface area contributed by atoms with Gasteiger partial charge in [0.2, 0.25) is 0 Å². The van der Waals surface area contributed by atoms with E-state index < -0.39 is 0 Å². The molecular weight excluding hydrogens is 136 g/mol. The molecule has 0 amide bonds. The molecule has 1 aliphatic carbocycles. The second-order valence-corrected chi connectivity index (χ2v) is 5.22. The first kappa shape index (κ1) is 7.60. The molecule has 11 heavy (non-hydrogen) atoms. The van der Waals surface area contributed by atoms with Crippen LogP contribution in [0.3, 0.4) is 0 Å². The van der Waals surface area contributed by atoms with Crippen LogP contribution >= 0.6 is 0 Å². The van der Waals surface area contributed by atoms with Crippen molar-refractivity contribution in [2.24, 2.45) is 17.3 Å². The van der Waals surface area contributed by atoms with E-state index >= 15 is 0 Å². The van der Waals surface area contributed by atoms with Crippen molar-refractivity contribution in [3.63, 3.8) is 0 Å². The largest absolute Gasteiger partial charge is 0.375 e. The normalized spacial score (nSPS) is 44.7. The summed E-state index contributed by atoms with van der Waals surface area (Å²) in [5.41, 5.74) is 0.681. The lowest BCUT2D eigenvalue weighted by molar-refractivity contribution is -0.249. The van der Waals surface area contributed by atoms with E-state index in [2.05, 4.69) is 27.7 Å². The smallest absolute Gasteiger partial charge is 0.0660 e. The summed E-state index contributed by atoms with van der Waals surface area (Å²) in [6.07, 6.45) is 1.39. The van der Waals surface area contributed by atoms with Gasteiger partial charge in [-0.25, -0.2) is 0 Å². The van der Waals surface area contributed by atoms with Crippen LogP contribution in [-0.4, -0.2) is 12.2 Å². The highest BCUT2D eigenvalue weighted by atomic mass is 16.5. The zero-order valence-electron chi connectivity index (χ0n) is 7.98. The first-order chi connectivity index (χ1) is 4.94. The van der Waals surface area contributed by atoms with Crippen LogP contribution < -0.4 is 0 Å². The second kappa shape index (κ2) is 1.82. The summed E-state index contributed by atoms with van der Waals surface area (Å²) in [4.78, 5) is 0. The molecule has 64 valence electrons. The number of rotatable bonds is 0.